The lowest BCUT2D eigenvalue weighted by molar-refractivity contribution is -0.105. The van der Waals surface area contributed by atoms with Gasteiger partial charge in [0.25, 0.3) is 0 Å². The average Bonchev–Trinajstić information content (AvgIpc) is 2.44. The molecule has 0 amide bonds. The summed E-state index contributed by atoms with van der Waals surface area (Å²) in [6.45, 7) is 0.260. The predicted molar refractivity (Wildman–Crippen MR) is 32.8 cm³/mol. The van der Waals surface area contributed by atoms with Crippen LogP contribution >= 0.6 is 0 Å². The van der Waals surface area contributed by atoms with E-state index in [1.807, 2.05) is 0 Å². The van der Waals surface area contributed by atoms with Gasteiger partial charge in [-0.15, -0.1) is 0 Å². The molecule has 0 N–H and O–H groups in total. The lowest BCUT2D eigenvalue weighted by atomic mass is 10.3. The second kappa shape index (κ2) is 1.87. The summed E-state index contributed by atoms with van der Waals surface area (Å²) >= 11 is 0. The Bertz CT molecular complexity index is 237. The smallest absolute Gasteiger partial charge is 0.230 e. The van der Waals surface area contributed by atoms with Crippen LogP contribution in [0.3, 0.4) is 0 Å². The van der Waals surface area contributed by atoms with Gasteiger partial charge < -0.3 is 9.47 Å². The van der Waals surface area contributed by atoms with E-state index in [1.54, 1.807) is 6.08 Å². The van der Waals surface area contributed by atoms with Gasteiger partial charge in [-0.25, -0.2) is 0 Å². The number of ether oxygens (including phenoxy) is 2. The summed E-state index contributed by atoms with van der Waals surface area (Å²) < 4.78 is 10.1. The molecule has 0 saturated heterocycles. The minimum absolute atomic E-state index is 0.260. The summed E-state index contributed by atoms with van der Waals surface area (Å²) in [5, 5.41) is 0. The maximum Gasteiger partial charge on any atom is 0.230 e. The van der Waals surface area contributed by atoms with Gasteiger partial charge in [-0.1, -0.05) is 6.08 Å². The van der Waals surface area contributed by atoms with Crippen LogP contribution in [0.2, 0.25) is 0 Å². The number of carbonyl (C=O) groups excluding carboxylic acids is 1. The second-order valence-corrected chi connectivity index (χ2v) is 2.14. The molecule has 52 valence electrons. The van der Waals surface area contributed by atoms with Crippen molar-refractivity contribution in [1.82, 2.24) is 0 Å². The van der Waals surface area contributed by atoms with Gasteiger partial charge >= 0.3 is 0 Å². The number of hydrogen-bond acceptors (Lipinski definition) is 3. The molecule has 3 nitrogen and oxygen atoms in total. The maximum absolute atomic E-state index is 10.3. The van der Waals surface area contributed by atoms with Crippen molar-refractivity contribution in [1.29, 1.82) is 0 Å². The minimum atomic E-state index is 0.260. The Morgan fingerprint density at radius 1 is 1.50 bits per heavy atom. The first kappa shape index (κ1) is 5.53. The summed E-state index contributed by atoms with van der Waals surface area (Å²) in [5.74, 6) is 1.43. The van der Waals surface area contributed by atoms with Crippen LogP contribution in [0, 0.1) is 0 Å². The van der Waals surface area contributed by atoms with E-state index in [4.69, 9.17) is 9.47 Å². The molecule has 0 fully saturated rings. The number of rotatable bonds is 1. The zero-order valence-electron chi connectivity index (χ0n) is 5.29. The number of hydrogen-bond donors (Lipinski definition) is 0. The predicted octanol–water partition coefficient (Wildman–Crippen LogP) is 0.731. The van der Waals surface area contributed by atoms with Crippen molar-refractivity contribution in [3.8, 4) is 0 Å². The monoisotopic (exact) mass is 138 g/mol. The molecule has 1 aliphatic carbocycles. The summed E-state index contributed by atoms with van der Waals surface area (Å²) in [5.41, 5.74) is 0.618. The summed E-state index contributed by atoms with van der Waals surface area (Å²) in [4.78, 5) is 10.3. The standard InChI is InChI=1S/C7H6O3/c8-3-5-1-2-6-7(5)10-4-9-6/h1,3H,2,4H2. The molecule has 0 saturated carbocycles. The van der Waals surface area contributed by atoms with Crippen molar-refractivity contribution in [2.24, 2.45) is 0 Å². The Morgan fingerprint density at radius 3 is 3.20 bits per heavy atom. The van der Waals surface area contributed by atoms with Gasteiger partial charge in [0.05, 0.1) is 5.57 Å². The Morgan fingerprint density at radius 2 is 2.40 bits per heavy atom. The highest BCUT2D eigenvalue weighted by atomic mass is 16.7. The molecular weight excluding hydrogens is 132 g/mol. The van der Waals surface area contributed by atoms with Gasteiger partial charge in [-0.3, -0.25) is 4.79 Å². The van der Waals surface area contributed by atoms with Crippen LogP contribution < -0.4 is 0 Å². The van der Waals surface area contributed by atoms with Crippen molar-refractivity contribution in [2.75, 3.05) is 6.79 Å². The topological polar surface area (TPSA) is 35.5 Å². The molecule has 0 spiro atoms. The Labute approximate surface area is 57.9 Å². The Hall–Kier alpha value is -1.25. The van der Waals surface area contributed by atoms with Gasteiger partial charge in [-0.2, -0.15) is 0 Å². The minimum Gasteiger partial charge on any atom is -0.458 e. The van der Waals surface area contributed by atoms with Crippen molar-refractivity contribution in [2.45, 2.75) is 6.42 Å². The summed E-state index contributed by atoms with van der Waals surface area (Å²) in [7, 11) is 0. The number of aldehydes is 1. The van der Waals surface area contributed by atoms with Crippen molar-refractivity contribution >= 4 is 6.29 Å². The lowest BCUT2D eigenvalue weighted by Crippen LogP contribution is -1.90. The van der Waals surface area contributed by atoms with Crippen LogP contribution in [-0.4, -0.2) is 13.1 Å². The van der Waals surface area contributed by atoms with Crippen LogP contribution in [0.15, 0.2) is 23.2 Å². The molecule has 1 heterocycles. The average molecular weight is 138 g/mol. The molecule has 0 unspecified atom stereocenters. The van der Waals surface area contributed by atoms with E-state index in [2.05, 4.69) is 0 Å². The van der Waals surface area contributed by atoms with Gasteiger partial charge in [-0.05, 0) is 0 Å². The van der Waals surface area contributed by atoms with Crippen LogP contribution in [0.4, 0.5) is 0 Å². The molecule has 0 bridgehead atoms. The van der Waals surface area contributed by atoms with E-state index < -0.39 is 0 Å². The normalized spacial score (nSPS) is 21.4. The number of allylic oxidation sites excluding steroid dienone is 2. The maximum atomic E-state index is 10.3. The fraction of sp³-hybridized carbons (Fsp3) is 0.286. The first-order chi connectivity index (χ1) is 4.92. The molecule has 2 aliphatic rings. The molecule has 0 radical (unpaired) electrons. The third-order valence-corrected chi connectivity index (χ3v) is 1.59. The van der Waals surface area contributed by atoms with E-state index in [0.29, 0.717) is 17.8 Å². The van der Waals surface area contributed by atoms with Crippen LogP contribution in [0.1, 0.15) is 6.42 Å². The molecule has 0 atom stereocenters. The quantitative estimate of drug-likeness (QED) is 0.501. The summed E-state index contributed by atoms with van der Waals surface area (Å²) in [6, 6.07) is 0. The fourth-order valence-corrected chi connectivity index (χ4v) is 1.10. The van der Waals surface area contributed by atoms with Crippen molar-refractivity contribution in [3.05, 3.63) is 23.2 Å². The van der Waals surface area contributed by atoms with Gasteiger partial charge in [0.15, 0.2) is 12.0 Å². The number of carbonyl (C=O) groups is 1. The molecule has 3 heteroatoms. The third-order valence-electron chi connectivity index (χ3n) is 1.59. The van der Waals surface area contributed by atoms with Crippen molar-refractivity contribution in [3.63, 3.8) is 0 Å². The lowest BCUT2D eigenvalue weighted by Gasteiger charge is -1.95. The van der Waals surface area contributed by atoms with E-state index in [9.17, 15) is 4.79 Å². The summed E-state index contributed by atoms with van der Waals surface area (Å²) in [6.07, 6.45) is 3.29. The molecule has 0 aromatic rings. The highest BCUT2D eigenvalue weighted by Crippen LogP contribution is 2.30. The zero-order valence-corrected chi connectivity index (χ0v) is 5.29. The molecule has 1 aliphatic heterocycles. The molecule has 10 heavy (non-hydrogen) atoms. The Balaban J connectivity index is 2.33. The largest absolute Gasteiger partial charge is 0.458 e. The van der Waals surface area contributed by atoms with E-state index >= 15 is 0 Å². The highest BCUT2D eigenvalue weighted by molar-refractivity contribution is 5.81. The van der Waals surface area contributed by atoms with E-state index in [-0.39, 0.29) is 6.79 Å². The van der Waals surface area contributed by atoms with E-state index in [0.717, 1.165) is 12.0 Å². The molecule has 0 aromatic carbocycles. The van der Waals surface area contributed by atoms with Crippen LogP contribution in [0.5, 0.6) is 0 Å². The second-order valence-electron chi connectivity index (χ2n) is 2.14. The van der Waals surface area contributed by atoms with Gasteiger partial charge in [0, 0.05) is 6.42 Å². The van der Waals surface area contributed by atoms with E-state index in [1.165, 1.54) is 0 Å². The van der Waals surface area contributed by atoms with Crippen molar-refractivity contribution < 1.29 is 14.3 Å². The first-order valence-corrected chi connectivity index (χ1v) is 3.06. The molecular formula is C7H6O3. The molecule has 0 aromatic heterocycles. The molecule has 2 rings (SSSR count). The Kier molecular flexibility index (Phi) is 1.03. The SMILES string of the molecule is O=CC1=CCC2=C1OCO2. The van der Waals surface area contributed by atoms with Crippen LogP contribution in [0.25, 0.3) is 0 Å². The third kappa shape index (κ3) is 0.572. The zero-order chi connectivity index (χ0) is 6.97. The van der Waals surface area contributed by atoms with Gasteiger partial charge in [0.2, 0.25) is 6.79 Å². The van der Waals surface area contributed by atoms with Gasteiger partial charge in [0.1, 0.15) is 5.76 Å². The van der Waals surface area contributed by atoms with Crippen LogP contribution in [-0.2, 0) is 14.3 Å². The highest BCUT2D eigenvalue weighted by Gasteiger charge is 2.24. The first-order valence-electron chi connectivity index (χ1n) is 3.06. The fourth-order valence-electron chi connectivity index (χ4n) is 1.10.